The quantitative estimate of drug-likeness (QED) is 0.639. The van der Waals surface area contributed by atoms with E-state index in [-0.39, 0.29) is 12.0 Å². The lowest BCUT2D eigenvalue weighted by Gasteiger charge is -2.28. The van der Waals surface area contributed by atoms with Crippen molar-refractivity contribution in [3.63, 3.8) is 0 Å². The highest BCUT2D eigenvalue weighted by Crippen LogP contribution is 2.46. The SMILES string of the molecule is CCC(C)OC(=O)C(C)(C)Oc1c(-c2ccc3c(c2)CNC3=O)ccc(OC)c1OC. The highest BCUT2D eigenvalue weighted by Gasteiger charge is 2.35. The first kappa shape index (κ1) is 22.5. The van der Waals surface area contributed by atoms with Crippen molar-refractivity contribution in [1.29, 1.82) is 0 Å². The number of rotatable bonds is 8. The van der Waals surface area contributed by atoms with Crippen LogP contribution >= 0.6 is 0 Å². The number of hydrogen-bond acceptors (Lipinski definition) is 6. The molecule has 1 amide bonds. The van der Waals surface area contributed by atoms with Crippen molar-refractivity contribution in [3.05, 3.63) is 41.5 Å². The first-order chi connectivity index (χ1) is 14.7. The van der Waals surface area contributed by atoms with Crippen LogP contribution in [-0.4, -0.2) is 37.8 Å². The van der Waals surface area contributed by atoms with Gasteiger partial charge in [-0.1, -0.05) is 13.0 Å². The average molecular weight is 427 g/mol. The van der Waals surface area contributed by atoms with Gasteiger partial charge in [-0.3, -0.25) is 4.79 Å². The van der Waals surface area contributed by atoms with Crippen LogP contribution in [0, 0.1) is 0 Å². The van der Waals surface area contributed by atoms with Gasteiger partial charge in [-0.05, 0) is 62.6 Å². The smallest absolute Gasteiger partial charge is 0.350 e. The van der Waals surface area contributed by atoms with Crippen LogP contribution in [0.1, 0.15) is 50.0 Å². The number of amides is 1. The molecule has 1 heterocycles. The van der Waals surface area contributed by atoms with Crippen molar-refractivity contribution in [2.45, 2.75) is 52.4 Å². The molecule has 7 nitrogen and oxygen atoms in total. The van der Waals surface area contributed by atoms with Gasteiger partial charge in [0.05, 0.1) is 20.3 Å². The zero-order valence-electron chi connectivity index (χ0n) is 18.8. The Hall–Kier alpha value is -3.22. The molecule has 31 heavy (non-hydrogen) atoms. The van der Waals surface area contributed by atoms with Gasteiger partial charge in [0.1, 0.15) is 0 Å². The summed E-state index contributed by atoms with van der Waals surface area (Å²) in [6.45, 7) is 7.57. The van der Waals surface area contributed by atoms with Crippen LogP contribution in [-0.2, 0) is 16.1 Å². The molecule has 0 bridgehead atoms. The number of carbonyl (C=O) groups is 2. The summed E-state index contributed by atoms with van der Waals surface area (Å²) in [5, 5.41) is 2.82. The van der Waals surface area contributed by atoms with E-state index >= 15 is 0 Å². The number of fused-ring (bicyclic) bond motifs is 1. The Morgan fingerprint density at radius 3 is 2.45 bits per heavy atom. The number of hydrogen-bond donors (Lipinski definition) is 1. The van der Waals surface area contributed by atoms with Crippen LogP contribution in [0.3, 0.4) is 0 Å². The summed E-state index contributed by atoms with van der Waals surface area (Å²) in [6.07, 6.45) is 0.487. The fourth-order valence-corrected chi connectivity index (χ4v) is 3.33. The Morgan fingerprint density at radius 2 is 1.81 bits per heavy atom. The van der Waals surface area contributed by atoms with E-state index in [4.69, 9.17) is 18.9 Å². The number of nitrogens with one attached hydrogen (secondary N) is 1. The van der Waals surface area contributed by atoms with Gasteiger partial charge in [-0.2, -0.15) is 0 Å². The van der Waals surface area contributed by atoms with E-state index in [2.05, 4.69) is 5.32 Å². The average Bonchev–Trinajstić information content (AvgIpc) is 3.12. The zero-order chi connectivity index (χ0) is 22.8. The fourth-order valence-electron chi connectivity index (χ4n) is 3.33. The second-order valence-electron chi connectivity index (χ2n) is 7.97. The highest BCUT2D eigenvalue weighted by molar-refractivity contribution is 5.99. The zero-order valence-corrected chi connectivity index (χ0v) is 18.8. The molecule has 0 saturated heterocycles. The molecule has 1 N–H and O–H groups in total. The van der Waals surface area contributed by atoms with Gasteiger partial charge in [0.25, 0.3) is 5.91 Å². The van der Waals surface area contributed by atoms with Crippen molar-refractivity contribution < 1.29 is 28.5 Å². The molecule has 0 spiro atoms. The van der Waals surface area contributed by atoms with E-state index < -0.39 is 11.6 Å². The summed E-state index contributed by atoms with van der Waals surface area (Å²) in [5.41, 5.74) is 1.83. The van der Waals surface area contributed by atoms with Gasteiger partial charge in [0, 0.05) is 17.7 Å². The predicted molar refractivity (Wildman–Crippen MR) is 117 cm³/mol. The monoisotopic (exact) mass is 427 g/mol. The highest BCUT2D eigenvalue weighted by atomic mass is 16.6. The molecule has 1 unspecified atom stereocenters. The van der Waals surface area contributed by atoms with Gasteiger partial charge in [0.15, 0.2) is 17.1 Å². The van der Waals surface area contributed by atoms with Crippen LogP contribution in [0.5, 0.6) is 17.2 Å². The molecule has 3 rings (SSSR count). The van der Waals surface area contributed by atoms with E-state index in [1.54, 1.807) is 26.0 Å². The number of esters is 1. The minimum atomic E-state index is -1.27. The second kappa shape index (κ2) is 8.88. The van der Waals surface area contributed by atoms with Gasteiger partial charge >= 0.3 is 5.97 Å². The molecule has 2 aromatic carbocycles. The Labute approximate surface area is 182 Å². The molecule has 0 saturated carbocycles. The molecule has 1 atom stereocenters. The summed E-state index contributed by atoms with van der Waals surface area (Å²) >= 11 is 0. The van der Waals surface area contributed by atoms with Crippen molar-refractivity contribution in [2.24, 2.45) is 0 Å². The normalized spacial score (nSPS) is 13.8. The molecule has 0 fully saturated rings. The fraction of sp³-hybridized carbons (Fsp3) is 0.417. The Balaban J connectivity index is 2.08. The predicted octanol–water partition coefficient (Wildman–Crippen LogP) is 4.11. The third-order valence-electron chi connectivity index (χ3n) is 5.33. The molecule has 7 heteroatoms. The summed E-state index contributed by atoms with van der Waals surface area (Å²) < 4.78 is 22.8. The number of benzene rings is 2. The molecular weight excluding hydrogens is 398 g/mol. The lowest BCUT2D eigenvalue weighted by molar-refractivity contribution is -0.164. The van der Waals surface area contributed by atoms with Crippen molar-refractivity contribution in [1.82, 2.24) is 5.32 Å². The summed E-state index contributed by atoms with van der Waals surface area (Å²) in [7, 11) is 3.06. The van der Waals surface area contributed by atoms with Gasteiger partial charge in [0.2, 0.25) is 5.75 Å². The third-order valence-corrected chi connectivity index (χ3v) is 5.33. The summed E-state index contributed by atoms with van der Waals surface area (Å²) in [6, 6.07) is 9.20. The standard InChI is InChI=1S/C24H29NO6/c1-7-14(2)30-23(27)24(3,4)31-20-17(10-11-19(28-5)21(20)29-6)15-8-9-18-16(12-15)13-25-22(18)26/h8-12,14H,7,13H2,1-6H3,(H,25,26). The molecular formula is C24H29NO6. The Kier molecular flexibility index (Phi) is 6.43. The molecule has 2 aromatic rings. The number of carbonyl (C=O) groups excluding carboxylic acids is 2. The topological polar surface area (TPSA) is 83.1 Å². The van der Waals surface area contributed by atoms with Gasteiger partial charge in [-0.15, -0.1) is 0 Å². The van der Waals surface area contributed by atoms with E-state index in [9.17, 15) is 9.59 Å². The Morgan fingerprint density at radius 1 is 1.10 bits per heavy atom. The first-order valence-electron chi connectivity index (χ1n) is 10.3. The largest absolute Gasteiger partial charge is 0.493 e. The van der Waals surface area contributed by atoms with Crippen LogP contribution in [0.4, 0.5) is 0 Å². The van der Waals surface area contributed by atoms with E-state index in [0.29, 0.717) is 41.3 Å². The first-order valence-corrected chi connectivity index (χ1v) is 10.3. The van der Waals surface area contributed by atoms with E-state index in [1.165, 1.54) is 14.2 Å². The van der Waals surface area contributed by atoms with E-state index in [1.807, 2.05) is 32.0 Å². The van der Waals surface area contributed by atoms with Crippen LogP contribution in [0.2, 0.25) is 0 Å². The number of methoxy groups -OCH3 is 2. The molecule has 1 aliphatic rings. The minimum absolute atomic E-state index is 0.0840. The lowest BCUT2D eigenvalue weighted by Crippen LogP contribution is -2.41. The molecule has 1 aliphatic heterocycles. The van der Waals surface area contributed by atoms with Crippen molar-refractivity contribution in [2.75, 3.05) is 14.2 Å². The summed E-state index contributed by atoms with van der Waals surface area (Å²) in [5.74, 6) is 0.662. The summed E-state index contributed by atoms with van der Waals surface area (Å²) in [4.78, 5) is 24.7. The minimum Gasteiger partial charge on any atom is -0.493 e. The van der Waals surface area contributed by atoms with Crippen LogP contribution in [0.25, 0.3) is 11.1 Å². The number of ether oxygens (including phenoxy) is 4. The van der Waals surface area contributed by atoms with Crippen LogP contribution < -0.4 is 19.5 Å². The van der Waals surface area contributed by atoms with Crippen LogP contribution in [0.15, 0.2) is 30.3 Å². The maximum absolute atomic E-state index is 12.8. The van der Waals surface area contributed by atoms with Gasteiger partial charge < -0.3 is 24.3 Å². The second-order valence-corrected chi connectivity index (χ2v) is 7.97. The molecule has 0 radical (unpaired) electrons. The Bertz CT molecular complexity index is 998. The van der Waals surface area contributed by atoms with Crippen molar-refractivity contribution in [3.8, 4) is 28.4 Å². The maximum atomic E-state index is 12.8. The van der Waals surface area contributed by atoms with Gasteiger partial charge in [-0.25, -0.2) is 4.79 Å². The lowest BCUT2D eigenvalue weighted by atomic mass is 9.98. The maximum Gasteiger partial charge on any atom is 0.350 e. The molecule has 0 aromatic heterocycles. The van der Waals surface area contributed by atoms with E-state index in [0.717, 1.165) is 11.1 Å². The third kappa shape index (κ3) is 4.45. The molecule has 0 aliphatic carbocycles. The molecule has 166 valence electrons. The van der Waals surface area contributed by atoms with Crippen molar-refractivity contribution >= 4 is 11.9 Å².